The standard InChI is InChI=1S/C13H14O/c1-2-3-4-8-11-13(14)12-9-6-5-7-10-12/h2,5-11H,1,3-4H2/b11-8+. The monoisotopic (exact) mass is 186 g/mol. The van der Waals surface area contributed by atoms with Crippen LogP contribution < -0.4 is 0 Å². The summed E-state index contributed by atoms with van der Waals surface area (Å²) in [6.45, 7) is 3.62. The van der Waals surface area contributed by atoms with E-state index in [1.807, 2.05) is 42.5 Å². The molecule has 0 spiro atoms. The van der Waals surface area contributed by atoms with Crippen LogP contribution in [0.1, 0.15) is 23.2 Å². The highest BCUT2D eigenvalue weighted by Gasteiger charge is 1.97. The molecule has 1 heteroatoms. The van der Waals surface area contributed by atoms with E-state index in [0.29, 0.717) is 0 Å². The fraction of sp³-hybridized carbons (Fsp3) is 0.154. The van der Waals surface area contributed by atoms with Gasteiger partial charge >= 0.3 is 0 Å². The Kier molecular flexibility index (Phi) is 4.42. The molecule has 0 saturated heterocycles. The zero-order valence-electron chi connectivity index (χ0n) is 8.15. The van der Waals surface area contributed by atoms with Crippen molar-refractivity contribution in [2.75, 3.05) is 0 Å². The first-order valence-corrected chi connectivity index (χ1v) is 4.71. The van der Waals surface area contributed by atoms with Crippen LogP contribution in [0.15, 0.2) is 55.1 Å². The summed E-state index contributed by atoms with van der Waals surface area (Å²) in [5.41, 5.74) is 0.738. The van der Waals surface area contributed by atoms with Gasteiger partial charge in [-0.05, 0) is 18.9 Å². The van der Waals surface area contributed by atoms with Gasteiger partial charge in [0.25, 0.3) is 0 Å². The molecule has 0 saturated carbocycles. The van der Waals surface area contributed by atoms with E-state index in [4.69, 9.17) is 0 Å². The van der Waals surface area contributed by atoms with Crippen molar-refractivity contribution in [3.05, 3.63) is 60.7 Å². The first-order valence-electron chi connectivity index (χ1n) is 4.71. The largest absolute Gasteiger partial charge is 0.289 e. The molecule has 1 aromatic carbocycles. The minimum absolute atomic E-state index is 0.0645. The van der Waals surface area contributed by atoms with Crippen molar-refractivity contribution in [2.24, 2.45) is 0 Å². The Morgan fingerprint density at radius 1 is 1.21 bits per heavy atom. The first-order chi connectivity index (χ1) is 6.84. The smallest absolute Gasteiger partial charge is 0.185 e. The molecule has 0 fully saturated rings. The predicted octanol–water partition coefficient (Wildman–Crippen LogP) is 3.39. The van der Waals surface area contributed by atoms with Gasteiger partial charge in [-0.1, -0.05) is 42.5 Å². The van der Waals surface area contributed by atoms with Crippen LogP contribution in [-0.4, -0.2) is 5.78 Å². The minimum Gasteiger partial charge on any atom is -0.289 e. The maximum atomic E-state index is 11.5. The van der Waals surface area contributed by atoms with Gasteiger partial charge in [-0.15, -0.1) is 6.58 Å². The molecule has 72 valence electrons. The highest BCUT2D eigenvalue weighted by atomic mass is 16.1. The van der Waals surface area contributed by atoms with Crippen LogP contribution in [0.25, 0.3) is 0 Å². The van der Waals surface area contributed by atoms with Crippen LogP contribution in [0.2, 0.25) is 0 Å². The summed E-state index contributed by atoms with van der Waals surface area (Å²) in [6.07, 6.45) is 7.15. The molecular weight excluding hydrogens is 172 g/mol. The fourth-order valence-corrected chi connectivity index (χ4v) is 1.10. The number of benzene rings is 1. The second-order valence-electron chi connectivity index (χ2n) is 3.00. The number of hydrogen-bond donors (Lipinski definition) is 0. The Bertz CT molecular complexity index is 322. The van der Waals surface area contributed by atoms with E-state index >= 15 is 0 Å². The van der Waals surface area contributed by atoms with Crippen molar-refractivity contribution in [3.8, 4) is 0 Å². The van der Waals surface area contributed by atoms with E-state index in [1.165, 1.54) is 0 Å². The van der Waals surface area contributed by atoms with E-state index in [1.54, 1.807) is 6.08 Å². The van der Waals surface area contributed by atoms with Crippen molar-refractivity contribution >= 4 is 5.78 Å². The summed E-state index contributed by atoms with van der Waals surface area (Å²) >= 11 is 0. The quantitative estimate of drug-likeness (QED) is 0.298. The highest BCUT2D eigenvalue weighted by Crippen LogP contribution is 2.01. The second-order valence-corrected chi connectivity index (χ2v) is 3.00. The van der Waals surface area contributed by atoms with Gasteiger partial charge in [-0.3, -0.25) is 4.79 Å². The lowest BCUT2D eigenvalue weighted by molar-refractivity contribution is 0.104. The summed E-state index contributed by atoms with van der Waals surface area (Å²) in [4.78, 5) is 11.5. The fourth-order valence-electron chi connectivity index (χ4n) is 1.10. The van der Waals surface area contributed by atoms with E-state index in [2.05, 4.69) is 6.58 Å². The number of allylic oxidation sites excluding steroid dienone is 3. The molecular formula is C13H14O. The Labute approximate surface area is 84.8 Å². The molecule has 0 atom stereocenters. The summed E-state index contributed by atoms with van der Waals surface area (Å²) in [7, 11) is 0. The van der Waals surface area contributed by atoms with Crippen LogP contribution in [0.5, 0.6) is 0 Å². The second kappa shape index (κ2) is 5.92. The third-order valence-corrected chi connectivity index (χ3v) is 1.86. The van der Waals surface area contributed by atoms with Gasteiger partial charge in [0, 0.05) is 5.56 Å². The molecule has 0 aliphatic carbocycles. The molecule has 1 nitrogen and oxygen atoms in total. The number of unbranched alkanes of at least 4 members (excludes halogenated alkanes) is 1. The van der Waals surface area contributed by atoms with Crippen LogP contribution in [-0.2, 0) is 0 Å². The minimum atomic E-state index is 0.0645. The number of carbonyl (C=O) groups excluding carboxylic acids is 1. The van der Waals surface area contributed by atoms with Crippen molar-refractivity contribution in [3.63, 3.8) is 0 Å². The molecule has 0 bridgehead atoms. The lowest BCUT2D eigenvalue weighted by atomic mass is 10.1. The van der Waals surface area contributed by atoms with Gasteiger partial charge in [-0.25, -0.2) is 0 Å². The molecule has 1 rings (SSSR count). The zero-order valence-corrected chi connectivity index (χ0v) is 8.15. The van der Waals surface area contributed by atoms with Crippen LogP contribution >= 0.6 is 0 Å². The summed E-state index contributed by atoms with van der Waals surface area (Å²) in [5, 5.41) is 0. The lowest BCUT2D eigenvalue weighted by Crippen LogP contribution is -1.92. The molecule has 0 N–H and O–H groups in total. The van der Waals surface area contributed by atoms with Crippen molar-refractivity contribution < 1.29 is 4.79 Å². The van der Waals surface area contributed by atoms with E-state index < -0.39 is 0 Å². The molecule has 0 heterocycles. The molecule has 0 aromatic heterocycles. The molecule has 0 aliphatic heterocycles. The molecule has 1 aromatic rings. The van der Waals surface area contributed by atoms with E-state index in [0.717, 1.165) is 18.4 Å². The van der Waals surface area contributed by atoms with Gasteiger partial charge in [0.2, 0.25) is 0 Å². The first kappa shape index (κ1) is 10.5. The van der Waals surface area contributed by atoms with Gasteiger partial charge in [0.05, 0.1) is 0 Å². The summed E-state index contributed by atoms with van der Waals surface area (Å²) < 4.78 is 0. The lowest BCUT2D eigenvalue weighted by Gasteiger charge is -1.93. The van der Waals surface area contributed by atoms with Crippen molar-refractivity contribution in [1.82, 2.24) is 0 Å². The number of hydrogen-bond acceptors (Lipinski definition) is 1. The van der Waals surface area contributed by atoms with Crippen molar-refractivity contribution in [2.45, 2.75) is 12.8 Å². The maximum absolute atomic E-state index is 11.5. The maximum Gasteiger partial charge on any atom is 0.185 e. The number of carbonyl (C=O) groups is 1. The third-order valence-electron chi connectivity index (χ3n) is 1.86. The van der Waals surface area contributed by atoms with Gasteiger partial charge in [-0.2, -0.15) is 0 Å². The summed E-state index contributed by atoms with van der Waals surface area (Å²) in [5.74, 6) is 0.0645. The zero-order chi connectivity index (χ0) is 10.2. The summed E-state index contributed by atoms with van der Waals surface area (Å²) in [6, 6.07) is 9.27. The number of rotatable bonds is 5. The Balaban J connectivity index is 2.51. The SMILES string of the molecule is C=CCC/C=C/C(=O)c1ccccc1. The molecule has 0 amide bonds. The topological polar surface area (TPSA) is 17.1 Å². The molecule has 14 heavy (non-hydrogen) atoms. The highest BCUT2D eigenvalue weighted by molar-refractivity contribution is 6.04. The molecule has 0 radical (unpaired) electrons. The average Bonchev–Trinajstić information content (AvgIpc) is 2.25. The normalized spacial score (nSPS) is 10.3. The average molecular weight is 186 g/mol. The molecule has 0 aliphatic rings. The molecule has 0 unspecified atom stereocenters. The Morgan fingerprint density at radius 2 is 1.93 bits per heavy atom. The van der Waals surface area contributed by atoms with Crippen LogP contribution in [0.4, 0.5) is 0 Å². The van der Waals surface area contributed by atoms with E-state index in [-0.39, 0.29) is 5.78 Å². The predicted molar refractivity (Wildman–Crippen MR) is 59.3 cm³/mol. The van der Waals surface area contributed by atoms with E-state index in [9.17, 15) is 4.79 Å². The third kappa shape index (κ3) is 3.40. The van der Waals surface area contributed by atoms with Gasteiger partial charge in [0.1, 0.15) is 0 Å². The number of ketones is 1. The van der Waals surface area contributed by atoms with Crippen LogP contribution in [0.3, 0.4) is 0 Å². The Hall–Kier alpha value is -1.63. The van der Waals surface area contributed by atoms with Gasteiger partial charge in [0.15, 0.2) is 5.78 Å². The van der Waals surface area contributed by atoms with Gasteiger partial charge < -0.3 is 0 Å². The van der Waals surface area contributed by atoms with Crippen molar-refractivity contribution in [1.29, 1.82) is 0 Å². The Morgan fingerprint density at radius 3 is 2.57 bits per heavy atom. The van der Waals surface area contributed by atoms with Crippen LogP contribution in [0, 0.1) is 0 Å².